The Kier molecular flexibility index (Phi) is 5.57. The second-order valence-electron chi connectivity index (χ2n) is 7.04. The van der Waals surface area contributed by atoms with E-state index in [2.05, 4.69) is 39.0 Å². The van der Waals surface area contributed by atoms with E-state index >= 15 is 0 Å². The molecule has 6 heteroatoms. The number of benzene rings is 2. The Morgan fingerprint density at radius 3 is 2.50 bits per heavy atom. The molecule has 0 aliphatic carbocycles. The van der Waals surface area contributed by atoms with Crippen LogP contribution in [0, 0.1) is 0 Å². The monoisotopic (exact) mass is 391 g/mol. The molecule has 28 heavy (non-hydrogen) atoms. The molecule has 0 N–H and O–H groups in total. The van der Waals surface area contributed by atoms with Gasteiger partial charge in [-0.25, -0.2) is 4.79 Å². The normalized spacial score (nSPS) is 14.4. The summed E-state index contributed by atoms with van der Waals surface area (Å²) >= 11 is 0. The van der Waals surface area contributed by atoms with Gasteiger partial charge in [0.25, 0.3) is 0 Å². The number of hydrogen-bond donors (Lipinski definition) is 0. The van der Waals surface area contributed by atoms with Gasteiger partial charge in [-0.15, -0.1) is 0 Å². The zero-order chi connectivity index (χ0) is 19.3. The van der Waals surface area contributed by atoms with Crippen molar-refractivity contribution in [2.45, 2.75) is 6.04 Å². The van der Waals surface area contributed by atoms with Crippen LogP contribution in [0.4, 0.5) is 11.4 Å². The Bertz CT molecular complexity index is 956. The second-order valence-corrected chi connectivity index (χ2v) is 8.04. The van der Waals surface area contributed by atoms with Crippen LogP contribution >= 0.6 is 0 Å². The van der Waals surface area contributed by atoms with Gasteiger partial charge in [-0.1, -0.05) is 24.3 Å². The number of para-hydroxylation sites is 1. The van der Waals surface area contributed by atoms with Crippen LogP contribution in [-0.2, 0) is 4.74 Å². The van der Waals surface area contributed by atoms with Gasteiger partial charge in [-0.05, 0) is 30.3 Å². The van der Waals surface area contributed by atoms with Crippen molar-refractivity contribution in [1.82, 2.24) is 4.98 Å². The van der Waals surface area contributed by atoms with Crippen LogP contribution in [0.1, 0.15) is 10.4 Å². The lowest BCUT2D eigenvalue weighted by atomic mass is 10.1. The molecule has 0 amide bonds. The highest BCUT2D eigenvalue weighted by Crippen LogP contribution is 2.28. The SMILES string of the molecule is O=C(OCC[SiH3])c1ccc2cncc(N3CCN(c4ccccc4)CC3)c2c1. The first-order chi connectivity index (χ1) is 13.8. The largest absolute Gasteiger partial charge is 0.462 e. The Hall–Kier alpha value is -2.86. The number of anilines is 2. The molecule has 4 rings (SSSR count). The Morgan fingerprint density at radius 2 is 1.75 bits per heavy atom. The summed E-state index contributed by atoms with van der Waals surface area (Å²) in [6.45, 7) is 4.27. The number of hydrogen-bond acceptors (Lipinski definition) is 5. The molecule has 1 saturated heterocycles. The van der Waals surface area contributed by atoms with Crippen LogP contribution in [0.25, 0.3) is 10.8 Å². The van der Waals surface area contributed by atoms with Crippen LogP contribution in [0.5, 0.6) is 0 Å². The summed E-state index contributed by atoms with van der Waals surface area (Å²) in [5.74, 6) is -0.241. The Balaban J connectivity index is 1.56. The number of pyridine rings is 1. The molecule has 0 unspecified atom stereocenters. The molecule has 2 aromatic carbocycles. The van der Waals surface area contributed by atoms with E-state index in [1.165, 1.54) is 5.69 Å². The third-order valence-corrected chi connectivity index (χ3v) is 5.56. The van der Waals surface area contributed by atoms with Crippen LogP contribution in [0.2, 0.25) is 6.04 Å². The first kappa shape index (κ1) is 18.5. The topological polar surface area (TPSA) is 45.7 Å². The lowest BCUT2D eigenvalue weighted by molar-refractivity contribution is 0.0527. The van der Waals surface area contributed by atoms with Gasteiger partial charge < -0.3 is 14.5 Å². The smallest absolute Gasteiger partial charge is 0.338 e. The van der Waals surface area contributed by atoms with E-state index < -0.39 is 0 Å². The van der Waals surface area contributed by atoms with Crippen LogP contribution in [-0.4, -0.2) is 54.0 Å². The summed E-state index contributed by atoms with van der Waals surface area (Å²) < 4.78 is 5.33. The first-order valence-corrected chi connectivity index (χ1v) is 11.3. The molecule has 0 spiro atoms. The molecule has 1 aliphatic rings. The third-order valence-electron chi connectivity index (χ3n) is 5.15. The van der Waals surface area contributed by atoms with E-state index in [1.807, 2.05) is 36.7 Å². The standard InChI is InChI=1S/C22H25N3O2Si/c26-22(27-12-13-28)17-6-7-18-15-23-16-21(20(18)14-17)25-10-8-24(9-11-25)19-4-2-1-3-5-19/h1-7,14-16H,8-13H2,28H3. The lowest BCUT2D eigenvalue weighted by Crippen LogP contribution is -2.46. The fraction of sp³-hybridized carbons (Fsp3) is 0.273. The highest BCUT2D eigenvalue weighted by atomic mass is 28.1. The van der Waals surface area contributed by atoms with Gasteiger partial charge in [-0.3, -0.25) is 4.98 Å². The molecule has 1 aromatic heterocycles. The molecule has 5 nitrogen and oxygen atoms in total. The van der Waals surface area contributed by atoms with Crippen molar-refractivity contribution in [3.05, 3.63) is 66.5 Å². The Morgan fingerprint density at radius 1 is 1.00 bits per heavy atom. The van der Waals surface area contributed by atoms with Gasteiger partial charge in [0.15, 0.2) is 0 Å². The molecule has 2 heterocycles. The lowest BCUT2D eigenvalue weighted by Gasteiger charge is -2.37. The number of rotatable bonds is 5. The zero-order valence-electron chi connectivity index (χ0n) is 16.2. The molecule has 0 saturated carbocycles. The highest BCUT2D eigenvalue weighted by Gasteiger charge is 2.20. The molecule has 0 radical (unpaired) electrons. The maximum atomic E-state index is 12.3. The van der Waals surface area contributed by atoms with Crippen molar-refractivity contribution in [3.63, 3.8) is 0 Å². The predicted molar refractivity (Wildman–Crippen MR) is 118 cm³/mol. The molecular weight excluding hydrogens is 366 g/mol. The quantitative estimate of drug-likeness (QED) is 0.494. The zero-order valence-corrected chi connectivity index (χ0v) is 18.2. The number of aromatic nitrogens is 1. The molecule has 144 valence electrons. The van der Waals surface area contributed by atoms with Gasteiger partial charge >= 0.3 is 5.97 Å². The van der Waals surface area contributed by atoms with Gasteiger partial charge in [0.05, 0.1) is 24.1 Å². The molecule has 3 aromatic rings. The molecule has 1 aliphatic heterocycles. The summed E-state index contributed by atoms with van der Waals surface area (Å²) in [5.41, 5.74) is 2.96. The van der Waals surface area contributed by atoms with Crippen molar-refractivity contribution >= 4 is 38.4 Å². The fourth-order valence-corrected chi connectivity index (χ4v) is 3.85. The summed E-state index contributed by atoms with van der Waals surface area (Å²) in [7, 11) is 1.04. The number of fused-ring (bicyclic) bond motifs is 1. The molecular formula is C22H25N3O2Si. The number of esters is 1. The maximum Gasteiger partial charge on any atom is 0.338 e. The van der Waals surface area contributed by atoms with Crippen LogP contribution in [0.3, 0.4) is 0 Å². The summed E-state index contributed by atoms with van der Waals surface area (Å²) in [6, 6.07) is 17.2. The number of piperazine rings is 1. The highest BCUT2D eigenvalue weighted by molar-refractivity contribution is 6.08. The average Bonchev–Trinajstić information content (AvgIpc) is 2.77. The first-order valence-electron chi connectivity index (χ1n) is 9.86. The fourth-order valence-electron chi connectivity index (χ4n) is 3.65. The second kappa shape index (κ2) is 8.44. The maximum absolute atomic E-state index is 12.3. The predicted octanol–water partition coefficient (Wildman–Crippen LogP) is 2.50. The van der Waals surface area contributed by atoms with Crippen molar-refractivity contribution in [1.29, 1.82) is 0 Å². The number of ether oxygens (including phenoxy) is 1. The van der Waals surface area contributed by atoms with Crippen LogP contribution in [0.15, 0.2) is 60.9 Å². The molecule has 0 atom stereocenters. The van der Waals surface area contributed by atoms with E-state index in [4.69, 9.17) is 4.74 Å². The van der Waals surface area contributed by atoms with E-state index in [0.29, 0.717) is 12.2 Å². The van der Waals surface area contributed by atoms with Crippen molar-refractivity contribution < 1.29 is 9.53 Å². The van der Waals surface area contributed by atoms with E-state index in [9.17, 15) is 4.79 Å². The van der Waals surface area contributed by atoms with E-state index in [0.717, 1.165) is 58.9 Å². The van der Waals surface area contributed by atoms with Gasteiger partial charge in [-0.2, -0.15) is 0 Å². The molecule has 1 fully saturated rings. The minimum Gasteiger partial charge on any atom is -0.462 e. The third kappa shape index (κ3) is 3.87. The number of carbonyl (C=O) groups excluding carboxylic acids is 1. The summed E-state index contributed by atoms with van der Waals surface area (Å²) in [4.78, 5) is 21.5. The number of nitrogens with zero attached hydrogens (tertiary/aromatic N) is 3. The summed E-state index contributed by atoms with van der Waals surface area (Å²) in [6.07, 6.45) is 3.76. The van der Waals surface area contributed by atoms with Crippen molar-refractivity contribution in [3.8, 4) is 0 Å². The van der Waals surface area contributed by atoms with Gasteiger partial charge in [0.2, 0.25) is 0 Å². The molecule has 0 bridgehead atoms. The van der Waals surface area contributed by atoms with E-state index in [-0.39, 0.29) is 5.97 Å². The van der Waals surface area contributed by atoms with Crippen LogP contribution < -0.4 is 9.80 Å². The minimum absolute atomic E-state index is 0.241. The minimum atomic E-state index is -0.241. The van der Waals surface area contributed by atoms with E-state index in [1.54, 1.807) is 0 Å². The van der Waals surface area contributed by atoms with Gasteiger partial charge in [0, 0.05) is 59.1 Å². The van der Waals surface area contributed by atoms with Crippen molar-refractivity contribution in [2.24, 2.45) is 0 Å². The number of carbonyl (C=O) groups is 1. The summed E-state index contributed by atoms with van der Waals surface area (Å²) in [5, 5.41) is 2.10. The van der Waals surface area contributed by atoms with Crippen molar-refractivity contribution in [2.75, 3.05) is 42.6 Å². The Labute approximate surface area is 168 Å². The average molecular weight is 392 g/mol. The van der Waals surface area contributed by atoms with Gasteiger partial charge in [0.1, 0.15) is 0 Å².